The Morgan fingerprint density at radius 1 is 0.917 bits per heavy atom. The SMILES string of the molecule is COCCCN1C(=O)C(=O)/C(=C(\O)c2cccc(OC)c2)C1c1ccc(OCc2ccccc2)cc1. The highest BCUT2D eigenvalue weighted by atomic mass is 16.5. The molecule has 1 amide bonds. The lowest BCUT2D eigenvalue weighted by Crippen LogP contribution is -2.31. The molecule has 1 unspecified atom stereocenters. The van der Waals surface area contributed by atoms with Gasteiger partial charge in [0.2, 0.25) is 0 Å². The summed E-state index contributed by atoms with van der Waals surface area (Å²) in [6.07, 6.45) is 0.553. The number of Topliss-reactive ketones (excluding diaryl/α,β-unsaturated/α-hetero) is 1. The third-order valence-electron chi connectivity index (χ3n) is 6.07. The van der Waals surface area contributed by atoms with E-state index in [1.54, 1.807) is 43.5 Å². The number of benzene rings is 3. The number of ketones is 1. The van der Waals surface area contributed by atoms with Gasteiger partial charge in [0.25, 0.3) is 11.7 Å². The molecule has 1 aliphatic heterocycles. The quantitative estimate of drug-likeness (QED) is 0.193. The highest BCUT2D eigenvalue weighted by Crippen LogP contribution is 2.40. The first-order valence-corrected chi connectivity index (χ1v) is 11.7. The number of carbonyl (C=O) groups is 2. The minimum atomic E-state index is -0.740. The molecule has 0 aromatic heterocycles. The van der Waals surface area contributed by atoms with Gasteiger partial charge in [-0.15, -0.1) is 0 Å². The van der Waals surface area contributed by atoms with Gasteiger partial charge in [0.1, 0.15) is 23.9 Å². The molecule has 0 aliphatic carbocycles. The monoisotopic (exact) mass is 487 g/mol. The molecule has 1 atom stereocenters. The molecule has 1 fully saturated rings. The van der Waals surface area contributed by atoms with Crippen molar-refractivity contribution in [1.82, 2.24) is 4.90 Å². The summed E-state index contributed by atoms with van der Waals surface area (Å²) in [6.45, 7) is 1.17. The van der Waals surface area contributed by atoms with Crippen molar-refractivity contribution in [3.63, 3.8) is 0 Å². The van der Waals surface area contributed by atoms with Gasteiger partial charge in [0.05, 0.1) is 18.7 Å². The van der Waals surface area contributed by atoms with E-state index < -0.39 is 17.7 Å². The Balaban J connectivity index is 1.68. The fourth-order valence-corrected chi connectivity index (χ4v) is 4.25. The van der Waals surface area contributed by atoms with E-state index in [-0.39, 0.29) is 11.3 Å². The van der Waals surface area contributed by atoms with Gasteiger partial charge in [-0.3, -0.25) is 9.59 Å². The van der Waals surface area contributed by atoms with Gasteiger partial charge in [-0.2, -0.15) is 0 Å². The molecule has 4 rings (SSSR count). The van der Waals surface area contributed by atoms with Gasteiger partial charge in [0, 0.05) is 25.8 Å². The van der Waals surface area contributed by atoms with Gasteiger partial charge >= 0.3 is 0 Å². The largest absolute Gasteiger partial charge is 0.507 e. The minimum Gasteiger partial charge on any atom is -0.507 e. The Hall–Kier alpha value is -4.10. The average molecular weight is 488 g/mol. The summed E-state index contributed by atoms with van der Waals surface area (Å²) in [5, 5.41) is 11.2. The molecule has 3 aromatic carbocycles. The first-order chi connectivity index (χ1) is 17.5. The number of amides is 1. The van der Waals surface area contributed by atoms with E-state index in [0.717, 1.165) is 5.56 Å². The summed E-state index contributed by atoms with van der Waals surface area (Å²) in [6, 6.07) is 23.1. The van der Waals surface area contributed by atoms with Crippen LogP contribution < -0.4 is 9.47 Å². The van der Waals surface area contributed by atoms with Gasteiger partial charge in [-0.25, -0.2) is 0 Å². The van der Waals surface area contributed by atoms with Crippen molar-refractivity contribution in [2.24, 2.45) is 0 Å². The first kappa shape index (κ1) is 25.0. The molecule has 7 nitrogen and oxygen atoms in total. The molecule has 0 saturated carbocycles. The number of hydrogen-bond donors (Lipinski definition) is 1. The third-order valence-corrected chi connectivity index (χ3v) is 6.07. The Kier molecular flexibility index (Phi) is 8.02. The number of ether oxygens (including phenoxy) is 3. The van der Waals surface area contributed by atoms with Crippen molar-refractivity contribution < 1.29 is 28.9 Å². The number of likely N-dealkylation sites (tertiary alicyclic amines) is 1. The molecular weight excluding hydrogens is 458 g/mol. The Morgan fingerprint density at radius 2 is 1.67 bits per heavy atom. The van der Waals surface area contributed by atoms with E-state index in [1.807, 2.05) is 42.5 Å². The van der Waals surface area contributed by atoms with Crippen molar-refractivity contribution in [2.45, 2.75) is 19.1 Å². The Morgan fingerprint density at radius 3 is 2.36 bits per heavy atom. The summed E-state index contributed by atoms with van der Waals surface area (Å²) in [5.41, 5.74) is 2.19. The van der Waals surface area contributed by atoms with Gasteiger partial charge in [-0.1, -0.05) is 54.6 Å². The molecule has 3 aromatic rings. The number of rotatable bonds is 10. The standard InChI is InChI=1S/C29H29NO6/c1-34-17-7-16-30-26(21-12-14-23(15-13-21)36-19-20-8-4-3-5-9-20)25(28(32)29(30)33)27(31)22-10-6-11-24(18-22)35-2/h3-6,8-15,18,26,31H,7,16-17,19H2,1-2H3/b27-25-. The molecule has 1 heterocycles. The van der Waals surface area contributed by atoms with Crippen LogP contribution in [0.3, 0.4) is 0 Å². The lowest BCUT2D eigenvalue weighted by atomic mass is 9.95. The fourth-order valence-electron chi connectivity index (χ4n) is 4.25. The predicted octanol–water partition coefficient (Wildman–Crippen LogP) is 4.73. The molecule has 1 saturated heterocycles. The second-order valence-corrected chi connectivity index (χ2v) is 8.41. The van der Waals surface area contributed by atoms with Crippen molar-refractivity contribution in [3.05, 3.63) is 101 Å². The van der Waals surface area contributed by atoms with Crippen molar-refractivity contribution in [3.8, 4) is 11.5 Å². The Labute approximate surface area is 210 Å². The zero-order chi connectivity index (χ0) is 25.5. The maximum absolute atomic E-state index is 13.1. The van der Waals surface area contributed by atoms with E-state index in [4.69, 9.17) is 14.2 Å². The van der Waals surface area contributed by atoms with Crippen LogP contribution in [0.4, 0.5) is 0 Å². The van der Waals surface area contributed by atoms with Gasteiger partial charge < -0.3 is 24.2 Å². The van der Waals surface area contributed by atoms with Crippen LogP contribution in [0.1, 0.15) is 29.2 Å². The molecule has 186 valence electrons. The summed E-state index contributed by atoms with van der Waals surface area (Å²) in [5.74, 6) is -0.417. The second kappa shape index (κ2) is 11.6. The van der Waals surface area contributed by atoms with Crippen LogP contribution in [-0.2, 0) is 20.9 Å². The van der Waals surface area contributed by atoms with E-state index in [2.05, 4.69) is 0 Å². The van der Waals surface area contributed by atoms with E-state index in [9.17, 15) is 14.7 Å². The maximum atomic E-state index is 13.1. The summed E-state index contributed by atoms with van der Waals surface area (Å²) < 4.78 is 16.3. The highest BCUT2D eigenvalue weighted by molar-refractivity contribution is 6.46. The lowest BCUT2D eigenvalue weighted by Gasteiger charge is -2.25. The molecular formula is C29H29NO6. The number of hydrogen-bond acceptors (Lipinski definition) is 6. The smallest absolute Gasteiger partial charge is 0.295 e. The van der Waals surface area contributed by atoms with Crippen LogP contribution in [0.5, 0.6) is 11.5 Å². The highest BCUT2D eigenvalue weighted by Gasteiger charge is 2.45. The van der Waals surface area contributed by atoms with Crippen molar-refractivity contribution in [1.29, 1.82) is 0 Å². The number of methoxy groups -OCH3 is 2. The minimum absolute atomic E-state index is 0.0450. The fraction of sp³-hybridized carbons (Fsp3) is 0.241. The van der Waals surface area contributed by atoms with Crippen molar-refractivity contribution in [2.75, 3.05) is 27.4 Å². The Bertz CT molecular complexity index is 1240. The molecule has 7 heteroatoms. The lowest BCUT2D eigenvalue weighted by molar-refractivity contribution is -0.140. The number of carbonyl (C=O) groups excluding carboxylic acids is 2. The summed E-state index contributed by atoms with van der Waals surface area (Å²) in [7, 11) is 3.11. The van der Waals surface area contributed by atoms with Crippen LogP contribution in [0.15, 0.2) is 84.4 Å². The van der Waals surface area contributed by atoms with E-state index in [0.29, 0.717) is 48.8 Å². The molecule has 0 bridgehead atoms. The van der Waals surface area contributed by atoms with E-state index >= 15 is 0 Å². The number of aliphatic hydroxyl groups is 1. The zero-order valence-corrected chi connectivity index (χ0v) is 20.3. The van der Waals surface area contributed by atoms with Crippen LogP contribution >= 0.6 is 0 Å². The van der Waals surface area contributed by atoms with Gasteiger partial charge in [0.15, 0.2) is 0 Å². The average Bonchev–Trinajstić information content (AvgIpc) is 3.17. The van der Waals surface area contributed by atoms with Crippen molar-refractivity contribution >= 4 is 17.4 Å². The maximum Gasteiger partial charge on any atom is 0.295 e. The topological polar surface area (TPSA) is 85.3 Å². The van der Waals surface area contributed by atoms with Crippen LogP contribution in [0, 0.1) is 0 Å². The molecule has 36 heavy (non-hydrogen) atoms. The second-order valence-electron chi connectivity index (χ2n) is 8.41. The van der Waals surface area contributed by atoms with Gasteiger partial charge in [-0.05, 0) is 41.8 Å². The first-order valence-electron chi connectivity index (χ1n) is 11.7. The number of nitrogens with zero attached hydrogens (tertiary/aromatic N) is 1. The normalized spacial score (nSPS) is 16.8. The van der Waals surface area contributed by atoms with Crippen LogP contribution in [-0.4, -0.2) is 49.1 Å². The third kappa shape index (κ3) is 5.42. The zero-order valence-electron chi connectivity index (χ0n) is 20.3. The molecule has 1 N–H and O–H groups in total. The molecule has 1 aliphatic rings. The van der Waals surface area contributed by atoms with Crippen LogP contribution in [0.2, 0.25) is 0 Å². The van der Waals surface area contributed by atoms with Crippen LogP contribution in [0.25, 0.3) is 5.76 Å². The molecule has 0 spiro atoms. The molecule has 0 radical (unpaired) electrons. The van der Waals surface area contributed by atoms with E-state index in [1.165, 1.54) is 12.0 Å². The predicted molar refractivity (Wildman–Crippen MR) is 136 cm³/mol. The number of aliphatic hydroxyl groups excluding tert-OH is 1. The summed E-state index contributed by atoms with van der Waals surface area (Å²) in [4.78, 5) is 27.6. The summed E-state index contributed by atoms with van der Waals surface area (Å²) >= 11 is 0.